The summed E-state index contributed by atoms with van der Waals surface area (Å²) in [5, 5.41) is 13.2. The van der Waals surface area contributed by atoms with Crippen LogP contribution in [0.15, 0.2) is 59.8 Å². The number of rotatable bonds is 6. The minimum absolute atomic E-state index is 0.0452. The van der Waals surface area contributed by atoms with Crippen molar-refractivity contribution in [2.75, 3.05) is 5.75 Å². The minimum Gasteiger partial charge on any atom is -0.353 e. The molecule has 150 valence electrons. The zero-order chi connectivity index (χ0) is 20.1. The zero-order valence-electron chi connectivity index (χ0n) is 16.1. The molecule has 29 heavy (non-hydrogen) atoms. The largest absolute Gasteiger partial charge is 0.353 e. The molecule has 4 rings (SSSR count). The number of aromatic nitrogens is 3. The van der Waals surface area contributed by atoms with E-state index in [1.165, 1.54) is 31.0 Å². The van der Waals surface area contributed by atoms with Crippen molar-refractivity contribution < 1.29 is 4.79 Å². The van der Waals surface area contributed by atoms with E-state index in [1.807, 2.05) is 59.2 Å². The van der Waals surface area contributed by atoms with Gasteiger partial charge in [0.15, 0.2) is 11.0 Å². The first-order valence-corrected chi connectivity index (χ1v) is 11.3. The first-order valence-electron chi connectivity index (χ1n) is 9.90. The Bertz CT molecular complexity index is 970. The number of amides is 1. The highest BCUT2D eigenvalue weighted by Gasteiger charge is 2.20. The van der Waals surface area contributed by atoms with Gasteiger partial charge in [-0.25, -0.2) is 0 Å². The molecule has 1 saturated carbocycles. The van der Waals surface area contributed by atoms with Crippen molar-refractivity contribution in [1.82, 2.24) is 20.1 Å². The summed E-state index contributed by atoms with van der Waals surface area (Å²) in [7, 11) is 0. The van der Waals surface area contributed by atoms with Crippen molar-refractivity contribution in [3.8, 4) is 17.1 Å². The second kappa shape index (κ2) is 9.46. The Balaban J connectivity index is 1.57. The average molecular weight is 427 g/mol. The fourth-order valence-electron chi connectivity index (χ4n) is 3.64. The number of nitrogens with zero attached hydrogens (tertiary/aromatic N) is 3. The molecule has 1 aliphatic rings. The van der Waals surface area contributed by atoms with Gasteiger partial charge in [0.1, 0.15) is 0 Å². The van der Waals surface area contributed by atoms with E-state index in [0.717, 1.165) is 24.1 Å². The fraction of sp³-hybridized carbons (Fsp3) is 0.318. The van der Waals surface area contributed by atoms with E-state index >= 15 is 0 Å². The van der Waals surface area contributed by atoms with Crippen molar-refractivity contribution in [1.29, 1.82) is 0 Å². The molecule has 1 aromatic heterocycles. The van der Waals surface area contributed by atoms with Gasteiger partial charge in [-0.1, -0.05) is 73.0 Å². The van der Waals surface area contributed by atoms with E-state index in [9.17, 15) is 4.79 Å². The molecule has 5 nitrogen and oxygen atoms in total. The zero-order valence-corrected chi connectivity index (χ0v) is 17.6. The van der Waals surface area contributed by atoms with Gasteiger partial charge in [0.25, 0.3) is 0 Å². The van der Waals surface area contributed by atoms with Gasteiger partial charge in [0, 0.05) is 17.3 Å². The van der Waals surface area contributed by atoms with Gasteiger partial charge >= 0.3 is 0 Å². The molecule has 1 N–H and O–H groups in total. The third kappa shape index (κ3) is 4.82. The number of carbonyl (C=O) groups is 1. The van der Waals surface area contributed by atoms with Gasteiger partial charge < -0.3 is 5.32 Å². The number of hydrogen-bond donors (Lipinski definition) is 1. The van der Waals surface area contributed by atoms with Crippen molar-refractivity contribution in [2.24, 2.45) is 0 Å². The van der Waals surface area contributed by atoms with Gasteiger partial charge in [-0.2, -0.15) is 0 Å². The van der Waals surface area contributed by atoms with Crippen LogP contribution in [-0.4, -0.2) is 32.5 Å². The quantitative estimate of drug-likeness (QED) is 0.555. The summed E-state index contributed by atoms with van der Waals surface area (Å²) in [6.45, 7) is 0. The monoisotopic (exact) mass is 426 g/mol. The molecule has 0 atom stereocenters. The van der Waals surface area contributed by atoms with Gasteiger partial charge in [-0.05, 0) is 37.1 Å². The van der Waals surface area contributed by atoms with Gasteiger partial charge in [0.2, 0.25) is 5.91 Å². The Morgan fingerprint density at radius 3 is 2.52 bits per heavy atom. The van der Waals surface area contributed by atoms with Crippen LogP contribution in [0.25, 0.3) is 17.1 Å². The molecule has 1 fully saturated rings. The molecule has 0 spiro atoms. The maximum atomic E-state index is 12.5. The molecule has 7 heteroatoms. The molecule has 1 aliphatic carbocycles. The predicted octanol–water partition coefficient (Wildman–Crippen LogP) is 5.13. The summed E-state index contributed by atoms with van der Waals surface area (Å²) in [6.07, 6.45) is 5.82. The molecule has 0 bridgehead atoms. The summed E-state index contributed by atoms with van der Waals surface area (Å²) in [5.41, 5.74) is 1.74. The number of carbonyl (C=O) groups excluding carboxylic acids is 1. The highest BCUT2D eigenvalue weighted by Crippen LogP contribution is 2.31. The SMILES string of the molecule is O=C(CSc1nnc(-c2ccccc2Cl)n1-c1ccccc1)NC1CCCCC1. The normalized spacial score (nSPS) is 14.7. The Hall–Kier alpha value is -2.31. The maximum Gasteiger partial charge on any atom is 0.230 e. The predicted molar refractivity (Wildman–Crippen MR) is 118 cm³/mol. The molecule has 0 unspecified atom stereocenters. The Morgan fingerprint density at radius 2 is 1.76 bits per heavy atom. The molecule has 3 aromatic rings. The highest BCUT2D eigenvalue weighted by molar-refractivity contribution is 7.99. The van der Waals surface area contributed by atoms with Crippen LogP contribution >= 0.6 is 23.4 Å². The van der Waals surface area contributed by atoms with Crippen LogP contribution in [-0.2, 0) is 4.79 Å². The molecule has 0 saturated heterocycles. The standard InChI is InChI=1S/C22H23ClN4OS/c23-19-14-8-7-13-18(19)21-25-26-22(27(21)17-11-5-2-6-12-17)29-15-20(28)24-16-9-3-1-4-10-16/h2,5-8,11-14,16H,1,3-4,9-10,15H2,(H,24,28). The Labute approximate surface area is 179 Å². The molecule has 1 amide bonds. The first-order chi connectivity index (χ1) is 14.2. The second-order valence-corrected chi connectivity index (χ2v) is 8.50. The van der Waals surface area contributed by atoms with Gasteiger partial charge in [0.05, 0.1) is 10.8 Å². The minimum atomic E-state index is 0.0452. The Kier molecular flexibility index (Phi) is 6.52. The number of para-hydroxylation sites is 1. The van der Waals surface area contributed by atoms with Crippen molar-refractivity contribution in [2.45, 2.75) is 43.3 Å². The number of thioether (sulfide) groups is 1. The summed E-state index contributed by atoms with van der Waals surface area (Å²) in [5.74, 6) is 1.02. The van der Waals surface area contributed by atoms with E-state index in [-0.39, 0.29) is 5.91 Å². The van der Waals surface area contributed by atoms with Crippen LogP contribution in [0.3, 0.4) is 0 Å². The third-order valence-electron chi connectivity index (χ3n) is 5.07. The summed E-state index contributed by atoms with van der Waals surface area (Å²) < 4.78 is 1.96. The Morgan fingerprint density at radius 1 is 1.03 bits per heavy atom. The number of benzene rings is 2. The lowest BCUT2D eigenvalue weighted by Gasteiger charge is -2.22. The van der Waals surface area contributed by atoms with Crippen LogP contribution in [0.4, 0.5) is 0 Å². The van der Waals surface area contributed by atoms with E-state index in [1.54, 1.807) is 0 Å². The molecule has 2 aromatic carbocycles. The average Bonchev–Trinajstić information content (AvgIpc) is 3.18. The number of hydrogen-bond acceptors (Lipinski definition) is 4. The second-order valence-electron chi connectivity index (χ2n) is 7.15. The molecular formula is C22H23ClN4OS. The van der Waals surface area contributed by atoms with E-state index in [0.29, 0.717) is 27.8 Å². The first kappa shape index (κ1) is 20.0. The maximum absolute atomic E-state index is 12.5. The lowest BCUT2D eigenvalue weighted by molar-refractivity contribution is -0.119. The summed E-state index contributed by atoms with van der Waals surface area (Å²) >= 11 is 7.81. The highest BCUT2D eigenvalue weighted by atomic mass is 35.5. The van der Waals surface area contributed by atoms with Crippen molar-refractivity contribution in [3.05, 3.63) is 59.6 Å². The van der Waals surface area contributed by atoms with Crippen LogP contribution in [0.5, 0.6) is 0 Å². The lowest BCUT2D eigenvalue weighted by atomic mass is 9.95. The molecule has 1 heterocycles. The van der Waals surface area contributed by atoms with Crippen LogP contribution in [0, 0.1) is 0 Å². The molecular weight excluding hydrogens is 404 g/mol. The van der Waals surface area contributed by atoms with Crippen LogP contribution in [0.1, 0.15) is 32.1 Å². The topological polar surface area (TPSA) is 59.8 Å². The van der Waals surface area contributed by atoms with E-state index < -0.39 is 0 Å². The van der Waals surface area contributed by atoms with E-state index in [4.69, 9.17) is 11.6 Å². The van der Waals surface area contributed by atoms with Gasteiger partial charge in [-0.3, -0.25) is 9.36 Å². The van der Waals surface area contributed by atoms with Crippen molar-refractivity contribution >= 4 is 29.3 Å². The fourth-order valence-corrected chi connectivity index (χ4v) is 4.62. The lowest BCUT2D eigenvalue weighted by Crippen LogP contribution is -2.37. The van der Waals surface area contributed by atoms with Crippen LogP contribution in [0.2, 0.25) is 5.02 Å². The number of halogens is 1. The summed E-state index contributed by atoms with van der Waals surface area (Å²) in [4.78, 5) is 12.5. The molecule has 0 aliphatic heterocycles. The van der Waals surface area contributed by atoms with E-state index in [2.05, 4.69) is 15.5 Å². The third-order valence-corrected chi connectivity index (χ3v) is 6.32. The van der Waals surface area contributed by atoms with Crippen LogP contribution < -0.4 is 5.32 Å². The summed E-state index contributed by atoms with van der Waals surface area (Å²) in [6, 6.07) is 17.8. The molecule has 0 radical (unpaired) electrons. The van der Waals surface area contributed by atoms with Crippen molar-refractivity contribution in [3.63, 3.8) is 0 Å². The van der Waals surface area contributed by atoms with Gasteiger partial charge in [-0.15, -0.1) is 10.2 Å². The smallest absolute Gasteiger partial charge is 0.230 e. The number of nitrogens with one attached hydrogen (secondary N) is 1.